The molecule has 0 unspecified atom stereocenters. The maximum Gasteiger partial charge on any atom is 0.357 e. The average Bonchev–Trinajstić information content (AvgIpc) is 3.11. The first-order valence-corrected chi connectivity index (χ1v) is 8.38. The van der Waals surface area contributed by atoms with Crippen LogP contribution in [0.15, 0.2) is 54.6 Å². The summed E-state index contributed by atoms with van der Waals surface area (Å²) in [6, 6.07) is 18.3. The number of rotatable bonds is 4. The van der Waals surface area contributed by atoms with E-state index in [0.29, 0.717) is 24.5 Å². The van der Waals surface area contributed by atoms with E-state index in [1.165, 1.54) is 5.56 Å². The summed E-state index contributed by atoms with van der Waals surface area (Å²) in [5.74, 6) is 0.417. The van der Waals surface area contributed by atoms with E-state index in [9.17, 15) is 4.79 Å². The van der Waals surface area contributed by atoms with Crippen LogP contribution in [0.25, 0.3) is 16.8 Å². The van der Waals surface area contributed by atoms with Crippen molar-refractivity contribution in [1.82, 2.24) is 14.0 Å². The van der Waals surface area contributed by atoms with Crippen LogP contribution >= 0.6 is 0 Å². The minimum atomic E-state index is -0.338. The van der Waals surface area contributed by atoms with Gasteiger partial charge in [-0.2, -0.15) is 0 Å². The van der Waals surface area contributed by atoms with E-state index in [1.807, 2.05) is 54.6 Å². The summed E-state index contributed by atoms with van der Waals surface area (Å²) in [7, 11) is 0. The number of carbonyl (C=O) groups is 1. The van der Waals surface area contributed by atoms with Gasteiger partial charge in [0.05, 0.1) is 29.9 Å². The molecule has 4 aromatic rings. The molecule has 0 spiro atoms. The Balaban J connectivity index is 1.99. The summed E-state index contributed by atoms with van der Waals surface area (Å²) in [6.45, 7) is 4.69. The highest BCUT2D eigenvalue weighted by Gasteiger charge is 2.23. The Morgan fingerprint density at radius 2 is 1.72 bits per heavy atom. The monoisotopic (exact) mass is 333 g/mol. The number of imidazole rings is 2. The molecule has 0 amide bonds. The number of hydrogen-bond donors (Lipinski definition) is 0. The number of esters is 1. The van der Waals surface area contributed by atoms with Crippen molar-refractivity contribution in [2.75, 3.05) is 6.61 Å². The summed E-state index contributed by atoms with van der Waals surface area (Å²) in [5, 5.41) is 0. The summed E-state index contributed by atoms with van der Waals surface area (Å²) in [5.41, 5.74) is 4.36. The standard InChI is InChI=1S/C20H19N3O2/c1-3-25-19(24)18-14(2)21-20-22(13-15-9-5-4-6-10-15)16-11-7-8-12-17(16)23(18)20/h4-12H,3,13H2,1-2H3. The number of hydrogen-bond acceptors (Lipinski definition) is 3. The number of benzene rings is 2. The third-order valence-corrected chi connectivity index (χ3v) is 4.34. The topological polar surface area (TPSA) is 48.5 Å². The van der Waals surface area contributed by atoms with Gasteiger partial charge in [0.2, 0.25) is 5.78 Å². The van der Waals surface area contributed by atoms with Gasteiger partial charge in [-0.05, 0) is 31.5 Å². The molecule has 0 aliphatic carbocycles. The van der Waals surface area contributed by atoms with E-state index in [0.717, 1.165) is 16.8 Å². The quantitative estimate of drug-likeness (QED) is 0.533. The minimum Gasteiger partial charge on any atom is -0.461 e. The van der Waals surface area contributed by atoms with Gasteiger partial charge in [-0.1, -0.05) is 42.5 Å². The summed E-state index contributed by atoms with van der Waals surface area (Å²) >= 11 is 0. The molecule has 2 aromatic heterocycles. The van der Waals surface area contributed by atoms with Gasteiger partial charge in [-0.15, -0.1) is 0 Å². The predicted octanol–water partition coefficient (Wildman–Crippen LogP) is 3.82. The maximum absolute atomic E-state index is 12.5. The number of carbonyl (C=O) groups excluding carboxylic acids is 1. The Bertz CT molecular complexity index is 1060. The molecule has 5 heteroatoms. The van der Waals surface area contributed by atoms with E-state index in [1.54, 1.807) is 0 Å². The third-order valence-electron chi connectivity index (χ3n) is 4.34. The second kappa shape index (κ2) is 6.09. The van der Waals surface area contributed by atoms with Gasteiger partial charge < -0.3 is 9.30 Å². The zero-order chi connectivity index (χ0) is 17.4. The summed E-state index contributed by atoms with van der Waals surface area (Å²) in [6.07, 6.45) is 0. The number of aromatic nitrogens is 3. The molecule has 0 atom stereocenters. The molecular formula is C20H19N3O2. The molecule has 4 rings (SSSR count). The van der Waals surface area contributed by atoms with Gasteiger partial charge in [-0.25, -0.2) is 9.78 Å². The van der Waals surface area contributed by atoms with Gasteiger partial charge >= 0.3 is 5.97 Å². The third kappa shape index (κ3) is 2.48. The minimum absolute atomic E-state index is 0.338. The Morgan fingerprint density at radius 3 is 2.44 bits per heavy atom. The molecule has 0 aliphatic heterocycles. The van der Waals surface area contributed by atoms with Gasteiger partial charge in [-0.3, -0.25) is 4.40 Å². The number of fused-ring (bicyclic) bond motifs is 3. The van der Waals surface area contributed by atoms with Gasteiger partial charge in [0, 0.05) is 0 Å². The normalized spacial score (nSPS) is 11.3. The molecule has 0 saturated carbocycles. The van der Waals surface area contributed by atoms with Crippen molar-refractivity contribution in [2.45, 2.75) is 20.4 Å². The van der Waals surface area contributed by atoms with Gasteiger partial charge in [0.25, 0.3) is 0 Å². The SMILES string of the molecule is CCOC(=O)c1c(C)nc2n(Cc3ccccc3)c3ccccc3n12. The molecule has 0 aliphatic rings. The highest BCUT2D eigenvalue weighted by Crippen LogP contribution is 2.25. The summed E-state index contributed by atoms with van der Waals surface area (Å²) < 4.78 is 9.29. The van der Waals surface area contributed by atoms with E-state index in [2.05, 4.69) is 27.8 Å². The Morgan fingerprint density at radius 1 is 1.04 bits per heavy atom. The maximum atomic E-state index is 12.5. The fourth-order valence-corrected chi connectivity index (χ4v) is 3.27. The largest absolute Gasteiger partial charge is 0.461 e. The Hall–Kier alpha value is -3.08. The van der Waals surface area contributed by atoms with E-state index in [4.69, 9.17) is 4.74 Å². The van der Waals surface area contributed by atoms with Crippen molar-refractivity contribution in [2.24, 2.45) is 0 Å². The fourth-order valence-electron chi connectivity index (χ4n) is 3.27. The Kier molecular flexibility index (Phi) is 3.76. The van der Waals surface area contributed by atoms with Crippen molar-refractivity contribution in [3.05, 3.63) is 71.5 Å². The molecule has 0 fully saturated rings. The highest BCUT2D eigenvalue weighted by molar-refractivity contribution is 5.93. The molecular weight excluding hydrogens is 314 g/mol. The average molecular weight is 333 g/mol. The van der Waals surface area contributed by atoms with Crippen LogP contribution in [0.3, 0.4) is 0 Å². The van der Waals surface area contributed by atoms with Crippen LogP contribution < -0.4 is 0 Å². The smallest absolute Gasteiger partial charge is 0.357 e. The first-order chi connectivity index (χ1) is 12.2. The van der Waals surface area contributed by atoms with E-state index in [-0.39, 0.29) is 5.97 Å². The molecule has 0 saturated heterocycles. The molecule has 25 heavy (non-hydrogen) atoms. The molecule has 0 N–H and O–H groups in total. The lowest BCUT2D eigenvalue weighted by Gasteiger charge is -2.05. The molecule has 2 aromatic carbocycles. The number of para-hydroxylation sites is 2. The van der Waals surface area contributed by atoms with Crippen LogP contribution in [0.5, 0.6) is 0 Å². The number of ether oxygens (including phenoxy) is 1. The lowest BCUT2D eigenvalue weighted by molar-refractivity contribution is 0.0518. The Labute approximate surface area is 145 Å². The fraction of sp³-hybridized carbons (Fsp3) is 0.200. The van der Waals surface area contributed by atoms with Crippen LogP contribution in [0.1, 0.15) is 28.7 Å². The molecule has 2 heterocycles. The zero-order valence-electron chi connectivity index (χ0n) is 14.3. The lowest BCUT2D eigenvalue weighted by atomic mass is 10.2. The van der Waals surface area contributed by atoms with Crippen molar-refractivity contribution < 1.29 is 9.53 Å². The molecule has 126 valence electrons. The number of aryl methyl sites for hydroxylation is 1. The second-order valence-electron chi connectivity index (χ2n) is 5.96. The van der Waals surface area contributed by atoms with Crippen LogP contribution in [-0.2, 0) is 11.3 Å². The van der Waals surface area contributed by atoms with Crippen LogP contribution in [0.4, 0.5) is 0 Å². The predicted molar refractivity (Wildman–Crippen MR) is 96.9 cm³/mol. The van der Waals surface area contributed by atoms with Crippen LogP contribution in [-0.4, -0.2) is 26.5 Å². The number of nitrogens with zero attached hydrogens (tertiary/aromatic N) is 3. The highest BCUT2D eigenvalue weighted by atomic mass is 16.5. The van der Waals surface area contributed by atoms with Crippen molar-refractivity contribution in [3.8, 4) is 0 Å². The first-order valence-electron chi connectivity index (χ1n) is 8.38. The van der Waals surface area contributed by atoms with Crippen molar-refractivity contribution in [1.29, 1.82) is 0 Å². The van der Waals surface area contributed by atoms with Gasteiger partial charge in [0.15, 0.2) is 5.69 Å². The first kappa shape index (κ1) is 15.4. The lowest BCUT2D eigenvalue weighted by Crippen LogP contribution is -2.09. The molecule has 0 radical (unpaired) electrons. The van der Waals surface area contributed by atoms with E-state index < -0.39 is 0 Å². The van der Waals surface area contributed by atoms with Crippen molar-refractivity contribution >= 4 is 22.8 Å². The van der Waals surface area contributed by atoms with Crippen LogP contribution in [0.2, 0.25) is 0 Å². The van der Waals surface area contributed by atoms with E-state index >= 15 is 0 Å². The zero-order valence-corrected chi connectivity index (χ0v) is 14.3. The van der Waals surface area contributed by atoms with Crippen molar-refractivity contribution in [3.63, 3.8) is 0 Å². The summed E-state index contributed by atoms with van der Waals surface area (Å²) in [4.78, 5) is 17.1. The van der Waals surface area contributed by atoms with Gasteiger partial charge in [0.1, 0.15) is 0 Å². The molecule has 0 bridgehead atoms. The molecule has 5 nitrogen and oxygen atoms in total. The second-order valence-corrected chi connectivity index (χ2v) is 5.96. The van der Waals surface area contributed by atoms with Crippen LogP contribution in [0, 0.1) is 6.92 Å².